The number of aryl methyl sites for hydroxylation is 1. The fourth-order valence-electron chi connectivity index (χ4n) is 2.66. The Hall–Kier alpha value is -2.34. The van der Waals surface area contributed by atoms with Gasteiger partial charge < -0.3 is 25.0 Å². The van der Waals surface area contributed by atoms with Crippen LogP contribution in [0.2, 0.25) is 6.32 Å². The zero-order valence-corrected chi connectivity index (χ0v) is 14.2. The van der Waals surface area contributed by atoms with E-state index in [0.717, 1.165) is 0 Å². The second-order valence-corrected chi connectivity index (χ2v) is 5.93. The van der Waals surface area contributed by atoms with Crippen LogP contribution in [0.15, 0.2) is 12.1 Å². The number of ether oxygens (including phenoxy) is 1. The van der Waals surface area contributed by atoms with Crippen molar-refractivity contribution in [3.05, 3.63) is 23.3 Å². The highest BCUT2D eigenvalue weighted by atomic mass is 16.6. The van der Waals surface area contributed by atoms with Gasteiger partial charge in [0.25, 0.3) is 5.91 Å². The normalized spacial score (nSPS) is 14.6. The summed E-state index contributed by atoms with van der Waals surface area (Å²) < 4.78 is 5.63. The maximum Gasteiger partial charge on any atom is 0.451 e. The van der Waals surface area contributed by atoms with Gasteiger partial charge in [-0.2, -0.15) is 0 Å². The Morgan fingerprint density at radius 3 is 2.62 bits per heavy atom. The Bertz CT molecular complexity index is 663. The zero-order valence-electron chi connectivity index (χ0n) is 14.2. The molecule has 1 heterocycles. The number of hydrogen-bond donors (Lipinski definition) is 5. The van der Waals surface area contributed by atoms with Crippen molar-refractivity contribution in [2.75, 3.05) is 26.7 Å². The van der Waals surface area contributed by atoms with Crippen LogP contribution in [-0.4, -0.2) is 77.0 Å². The molecule has 1 saturated heterocycles. The third-order valence-electron chi connectivity index (χ3n) is 3.91. The first-order chi connectivity index (χ1) is 12.3. The molecule has 2 rings (SSSR count). The maximum absolute atomic E-state index is 11.5. The summed E-state index contributed by atoms with van der Waals surface area (Å²) in [6.07, 6.45) is -0.239. The molecule has 5 N–H and O–H groups in total. The van der Waals surface area contributed by atoms with E-state index in [-0.39, 0.29) is 48.2 Å². The van der Waals surface area contributed by atoms with Crippen molar-refractivity contribution in [1.82, 2.24) is 10.4 Å². The van der Waals surface area contributed by atoms with Crippen molar-refractivity contribution in [3.63, 3.8) is 0 Å². The average molecular weight is 368 g/mol. The second-order valence-electron chi connectivity index (χ2n) is 5.93. The Morgan fingerprint density at radius 2 is 2.04 bits per heavy atom. The molecule has 1 aromatic rings. The third kappa shape index (κ3) is 5.08. The van der Waals surface area contributed by atoms with E-state index in [2.05, 4.69) is 10.3 Å². The van der Waals surface area contributed by atoms with E-state index in [4.69, 9.17) is 14.8 Å². The number of carboxylic acids is 1. The number of aromatic hydroxyl groups is 1. The fraction of sp³-hybridized carbons (Fsp3) is 0.467. The molecule has 1 aliphatic rings. The first-order valence-electron chi connectivity index (χ1n) is 7.97. The van der Waals surface area contributed by atoms with E-state index in [0.29, 0.717) is 13.1 Å². The lowest BCUT2D eigenvalue weighted by molar-refractivity contribution is -0.134. The van der Waals surface area contributed by atoms with Gasteiger partial charge in [0.15, 0.2) is 0 Å². The summed E-state index contributed by atoms with van der Waals surface area (Å²) in [6.45, 7) is 0.984. The first-order valence-corrected chi connectivity index (χ1v) is 7.97. The third-order valence-corrected chi connectivity index (χ3v) is 3.91. The van der Waals surface area contributed by atoms with Gasteiger partial charge in [-0.3, -0.25) is 14.5 Å². The minimum Gasteiger partial charge on any atom is -0.507 e. The molecule has 1 amide bonds. The standard InChI is InChI=1S/C15H21BN2O8/c1-25-17-12(19)8-18-6-10(7-18)26-11-3-2-9(4-5-16(23)24)14(20)13(11)15(21)22/h2-3,10,20,23-24H,4-8H2,1H3,(H,17,19)(H,21,22). The molecule has 1 aromatic carbocycles. The number of amides is 1. The van der Waals surface area contributed by atoms with Gasteiger partial charge in [-0.25, -0.2) is 10.3 Å². The molecule has 0 unspecified atom stereocenters. The van der Waals surface area contributed by atoms with Crippen LogP contribution < -0.4 is 10.2 Å². The van der Waals surface area contributed by atoms with Gasteiger partial charge in [0, 0.05) is 13.1 Å². The van der Waals surface area contributed by atoms with Crippen LogP contribution in [0.4, 0.5) is 0 Å². The molecule has 26 heavy (non-hydrogen) atoms. The van der Waals surface area contributed by atoms with Crippen LogP contribution in [0.5, 0.6) is 11.5 Å². The maximum atomic E-state index is 11.5. The van der Waals surface area contributed by atoms with E-state index >= 15 is 0 Å². The number of carbonyl (C=O) groups excluding carboxylic acids is 1. The molecule has 142 valence electrons. The molecule has 0 saturated carbocycles. The van der Waals surface area contributed by atoms with Gasteiger partial charge in [-0.05, 0) is 24.4 Å². The topological polar surface area (TPSA) is 149 Å². The number of nitrogens with zero attached hydrogens (tertiary/aromatic N) is 1. The number of phenols is 1. The highest BCUT2D eigenvalue weighted by Gasteiger charge is 2.32. The van der Waals surface area contributed by atoms with Crippen molar-refractivity contribution in [2.45, 2.75) is 18.8 Å². The molecule has 1 fully saturated rings. The van der Waals surface area contributed by atoms with Gasteiger partial charge in [-0.1, -0.05) is 6.07 Å². The number of benzene rings is 1. The predicted octanol–water partition coefficient (Wildman–Crippen LogP) is -1.15. The van der Waals surface area contributed by atoms with Crippen molar-refractivity contribution in [3.8, 4) is 11.5 Å². The van der Waals surface area contributed by atoms with Gasteiger partial charge in [0.05, 0.1) is 13.7 Å². The van der Waals surface area contributed by atoms with E-state index in [1.54, 1.807) is 4.90 Å². The van der Waals surface area contributed by atoms with E-state index < -0.39 is 18.8 Å². The van der Waals surface area contributed by atoms with E-state index in [9.17, 15) is 19.8 Å². The first kappa shape index (κ1) is 20.0. The van der Waals surface area contributed by atoms with Crippen molar-refractivity contribution in [2.24, 2.45) is 0 Å². The summed E-state index contributed by atoms with van der Waals surface area (Å²) in [4.78, 5) is 29.2. The molecular weight excluding hydrogens is 347 g/mol. The van der Waals surface area contributed by atoms with Crippen LogP contribution in [0.25, 0.3) is 0 Å². The monoisotopic (exact) mass is 368 g/mol. The number of likely N-dealkylation sites (tertiary alicyclic amines) is 1. The smallest absolute Gasteiger partial charge is 0.451 e. The van der Waals surface area contributed by atoms with Crippen LogP contribution in [0.1, 0.15) is 15.9 Å². The molecule has 0 spiro atoms. The summed E-state index contributed by atoms with van der Waals surface area (Å²) in [5.41, 5.74) is 2.12. The summed E-state index contributed by atoms with van der Waals surface area (Å²) in [6, 6.07) is 2.92. The van der Waals surface area contributed by atoms with E-state index in [1.165, 1.54) is 19.2 Å². The van der Waals surface area contributed by atoms with Crippen molar-refractivity contribution in [1.29, 1.82) is 0 Å². The zero-order chi connectivity index (χ0) is 19.3. The number of rotatable bonds is 9. The molecule has 0 radical (unpaired) electrons. The number of hydrogen-bond acceptors (Lipinski definition) is 8. The second kappa shape index (κ2) is 8.85. The average Bonchev–Trinajstić information content (AvgIpc) is 2.51. The highest BCUT2D eigenvalue weighted by Crippen LogP contribution is 2.33. The van der Waals surface area contributed by atoms with Gasteiger partial charge in [-0.15, -0.1) is 0 Å². The molecule has 0 atom stereocenters. The van der Waals surface area contributed by atoms with Gasteiger partial charge >= 0.3 is 13.1 Å². The lowest BCUT2D eigenvalue weighted by atomic mass is 9.82. The largest absolute Gasteiger partial charge is 0.507 e. The number of hydroxylamine groups is 1. The Labute approximate surface area is 150 Å². The van der Waals surface area contributed by atoms with Crippen molar-refractivity contribution < 1.29 is 39.4 Å². The SMILES string of the molecule is CONC(=O)CN1CC(Oc2ccc(CCB(O)O)c(O)c2C(=O)O)C1. The Balaban J connectivity index is 2.00. The number of nitrogens with one attached hydrogen (secondary N) is 1. The van der Waals surface area contributed by atoms with Crippen LogP contribution >= 0.6 is 0 Å². The minimum absolute atomic E-state index is 0.0225. The molecule has 1 aliphatic heterocycles. The lowest BCUT2D eigenvalue weighted by Gasteiger charge is -2.38. The van der Waals surface area contributed by atoms with Gasteiger partial charge in [0.1, 0.15) is 23.2 Å². The number of carboxylic acid groups (broad SMARTS) is 1. The van der Waals surface area contributed by atoms with Gasteiger partial charge in [0.2, 0.25) is 0 Å². The fourth-order valence-corrected chi connectivity index (χ4v) is 2.66. The molecule has 0 aliphatic carbocycles. The van der Waals surface area contributed by atoms with Crippen LogP contribution in [0, 0.1) is 0 Å². The van der Waals surface area contributed by atoms with Crippen LogP contribution in [-0.2, 0) is 16.1 Å². The summed E-state index contributed by atoms with van der Waals surface area (Å²) >= 11 is 0. The number of carbonyl (C=O) groups is 2. The molecule has 0 aromatic heterocycles. The molecule has 10 nitrogen and oxygen atoms in total. The molecule has 11 heteroatoms. The Morgan fingerprint density at radius 1 is 1.35 bits per heavy atom. The van der Waals surface area contributed by atoms with E-state index in [1.807, 2.05) is 0 Å². The molecule has 0 bridgehead atoms. The Kier molecular flexibility index (Phi) is 6.80. The minimum atomic E-state index is -1.55. The summed E-state index contributed by atoms with van der Waals surface area (Å²) in [7, 11) is -0.208. The number of aromatic carboxylic acids is 1. The highest BCUT2D eigenvalue weighted by molar-refractivity contribution is 6.41. The summed E-state index contributed by atoms with van der Waals surface area (Å²) in [5.74, 6) is -2.08. The van der Waals surface area contributed by atoms with Crippen molar-refractivity contribution >= 4 is 19.0 Å². The van der Waals surface area contributed by atoms with Crippen LogP contribution in [0.3, 0.4) is 0 Å². The molecular formula is C15H21BN2O8. The quantitative estimate of drug-likeness (QED) is 0.269. The lowest BCUT2D eigenvalue weighted by Crippen LogP contribution is -2.56. The predicted molar refractivity (Wildman–Crippen MR) is 89.8 cm³/mol. The summed E-state index contributed by atoms with van der Waals surface area (Å²) in [5, 5.41) is 37.4.